The van der Waals surface area contributed by atoms with Gasteiger partial charge in [-0.2, -0.15) is 0 Å². The molecule has 0 spiro atoms. The first-order valence-corrected chi connectivity index (χ1v) is 11.2. The second kappa shape index (κ2) is 9.56. The Balaban J connectivity index is 1.61. The molecule has 5 nitrogen and oxygen atoms in total. The van der Waals surface area contributed by atoms with Gasteiger partial charge in [-0.25, -0.2) is 0 Å². The van der Waals surface area contributed by atoms with E-state index in [9.17, 15) is 4.79 Å². The second-order valence-corrected chi connectivity index (χ2v) is 8.65. The number of aryl methyl sites for hydroxylation is 1. The van der Waals surface area contributed by atoms with Gasteiger partial charge < -0.3 is 5.32 Å². The summed E-state index contributed by atoms with van der Waals surface area (Å²) in [6, 6.07) is 22.5. The molecule has 0 atom stereocenters. The van der Waals surface area contributed by atoms with Crippen molar-refractivity contribution >= 4 is 46.6 Å². The maximum Gasteiger partial charge on any atom is 0.234 e. The first-order valence-electron chi connectivity index (χ1n) is 9.46. The smallest absolute Gasteiger partial charge is 0.234 e. The lowest BCUT2D eigenvalue weighted by Gasteiger charge is -2.11. The molecular weight excluding hydrogens is 451 g/mol. The predicted octanol–water partition coefficient (Wildman–Crippen LogP) is 6.28. The number of carbonyl (C=O) groups is 1. The number of nitrogens with one attached hydrogen (secondary N) is 1. The van der Waals surface area contributed by atoms with Crippen molar-refractivity contribution in [2.75, 3.05) is 11.1 Å². The zero-order valence-electron chi connectivity index (χ0n) is 16.5. The van der Waals surface area contributed by atoms with Gasteiger partial charge in [-0.05, 0) is 55.5 Å². The zero-order valence-corrected chi connectivity index (χ0v) is 18.9. The summed E-state index contributed by atoms with van der Waals surface area (Å²) in [6.45, 7) is 2.03. The second-order valence-electron chi connectivity index (χ2n) is 6.83. The Kier molecular flexibility index (Phi) is 6.61. The molecule has 31 heavy (non-hydrogen) atoms. The van der Waals surface area contributed by atoms with Gasteiger partial charge in [-0.15, -0.1) is 10.2 Å². The summed E-state index contributed by atoms with van der Waals surface area (Å²) in [5, 5.41) is 13.4. The minimum Gasteiger partial charge on any atom is -0.325 e. The van der Waals surface area contributed by atoms with Gasteiger partial charge in [0.25, 0.3) is 0 Å². The molecule has 1 heterocycles. The average molecular weight is 469 g/mol. The maximum atomic E-state index is 12.5. The highest BCUT2D eigenvalue weighted by Gasteiger charge is 2.17. The van der Waals surface area contributed by atoms with Gasteiger partial charge in [0.2, 0.25) is 5.91 Å². The monoisotopic (exact) mass is 468 g/mol. The molecule has 0 unspecified atom stereocenters. The lowest BCUT2D eigenvalue weighted by atomic mass is 10.1. The van der Waals surface area contributed by atoms with E-state index >= 15 is 0 Å². The molecule has 156 valence electrons. The number of carbonyl (C=O) groups excluding carboxylic acids is 1. The van der Waals surface area contributed by atoms with Crippen LogP contribution in [-0.2, 0) is 4.79 Å². The van der Waals surface area contributed by atoms with Gasteiger partial charge in [0.1, 0.15) is 0 Å². The van der Waals surface area contributed by atoms with Crippen LogP contribution in [0.1, 0.15) is 5.56 Å². The molecule has 1 amide bonds. The van der Waals surface area contributed by atoms with Crippen LogP contribution >= 0.6 is 35.0 Å². The Morgan fingerprint density at radius 1 is 0.968 bits per heavy atom. The van der Waals surface area contributed by atoms with E-state index in [0.717, 1.165) is 16.8 Å². The lowest BCUT2D eigenvalue weighted by Crippen LogP contribution is -2.14. The van der Waals surface area contributed by atoms with Crippen molar-refractivity contribution in [2.45, 2.75) is 12.1 Å². The molecule has 4 rings (SSSR count). The van der Waals surface area contributed by atoms with Crippen LogP contribution in [-0.4, -0.2) is 26.4 Å². The molecule has 0 saturated heterocycles. The molecule has 0 aliphatic heterocycles. The van der Waals surface area contributed by atoms with E-state index in [1.807, 2.05) is 54.0 Å². The first-order chi connectivity index (χ1) is 15.0. The van der Waals surface area contributed by atoms with Crippen molar-refractivity contribution in [3.8, 4) is 17.1 Å². The number of rotatable bonds is 6. The fraction of sp³-hybridized carbons (Fsp3) is 0.0870. The Morgan fingerprint density at radius 3 is 2.48 bits per heavy atom. The summed E-state index contributed by atoms with van der Waals surface area (Å²) in [7, 11) is 0. The number of halogens is 2. The van der Waals surface area contributed by atoms with Crippen LogP contribution < -0.4 is 5.32 Å². The third-order valence-electron chi connectivity index (χ3n) is 4.44. The third kappa shape index (κ3) is 5.28. The number of amides is 1. The van der Waals surface area contributed by atoms with E-state index in [1.54, 1.807) is 24.3 Å². The summed E-state index contributed by atoms with van der Waals surface area (Å²) in [5.41, 5.74) is 3.58. The van der Waals surface area contributed by atoms with Crippen molar-refractivity contribution in [1.82, 2.24) is 14.8 Å². The van der Waals surface area contributed by atoms with Crippen molar-refractivity contribution in [3.05, 3.63) is 88.4 Å². The van der Waals surface area contributed by atoms with E-state index in [0.29, 0.717) is 26.7 Å². The predicted molar refractivity (Wildman–Crippen MR) is 127 cm³/mol. The molecule has 0 aliphatic carbocycles. The van der Waals surface area contributed by atoms with Gasteiger partial charge in [0.05, 0.1) is 5.75 Å². The summed E-state index contributed by atoms with van der Waals surface area (Å²) >= 11 is 13.4. The van der Waals surface area contributed by atoms with Crippen molar-refractivity contribution in [2.24, 2.45) is 0 Å². The van der Waals surface area contributed by atoms with Crippen LogP contribution in [0.4, 0.5) is 5.69 Å². The number of hydrogen-bond acceptors (Lipinski definition) is 4. The van der Waals surface area contributed by atoms with Crippen LogP contribution in [0.15, 0.2) is 78.0 Å². The normalized spacial score (nSPS) is 10.8. The number of hydrogen-bond donors (Lipinski definition) is 1. The van der Waals surface area contributed by atoms with Gasteiger partial charge >= 0.3 is 0 Å². The van der Waals surface area contributed by atoms with Crippen molar-refractivity contribution in [3.63, 3.8) is 0 Å². The van der Waals surface area contributed by atoms with Crippen molar-refractivity contribution in [1.29, 1.82) is 0 Å². The van der Waals surface area contributed by atoms with Crippen LogP contribution in [0.5, 0.6) is 0 Å². The minimum absolute atomic E-state index is 0.157. The maximum absolute atomic E-state index is 12.5. The highest BCUT2D eigenvalue weighted by atomic mass is 35.5. The number of anilines is 1. The number of thioether (sulfide) groups is 1. The Morgan fingerprint density at radius 2 is 1.74 bits per heavy atom. The molecule has 3 aromatic carbocycles. The SMILES string of the molecule is Cc1cccc(-c2nnc(SCC(=O)Nc3cccc(Cl)c3)n2-c2ccc(Cl)cc2)c1. The first kappa shape index (κ1) is 21.4. The van der Waals surface area contributed by atoms with Crippen LogP contribution in [0, 0.1) is 6.92 Å². The molecule has 0 saturated carbocycles. The largest absolute Gasteiger partial charge is 0.325 e. The topological polar surface area (TPSA) is 59.8 Å². The molecule has 0 fully saturated rings. The molecule has 4 aromatic rings. The summed E-state index contributed by atoms with van der Waals surface area (Å²) in [5.74, 6) is 0.713. The lowest BCUT2D eigenvalue weighted by molar-refractivity contribution is -0.113. The van der Waals surface area contributed by atoms with E-state index < -0.39 is 0 Å². The molecule has 0 bridgehead atoms. The quantitative estimate of drug-likeness (QED) is 0.338. The molecule has 0 aliphatic rings. The number of benzene rings is 3. The number of aromatic nitrogens is 3. The van der Waals surface area contributed by atoms with E-state index in [1.165, 1.54) is 11.8 Å². The molecule has 0 radical (unpaired) electrons. The fourth-order valence-corrected chi connectivity index (χ4v) is 4.12. The van der Waals surface area contributed by atoms with Crippen LogP contribution in [0.3, 0.4) is 0 Å². The van der Waals surface area contributed by atoms with Gasteiger partial charge in [0, 0.05) is 27.0 Å². The third-order valence-corrected chi connectivity index (χ3v) is 5.85. The molecule has 1 N–H and O–H groups in total. The zero-order chi connectivity index (χ0) is 21.8. The highest BCUT2D eigenvalue weighted by Crippen LogP contribution is 2.29. The standard InChI is InChI=1S/C23H18Cl2N4OS/c1-15-4-2-5-16(12-15)22-27-28-23(29(22)20-10-8-17(24)9-11-20)31-14-21(30)26-19-7-3-6-18(25)13-19/h2-13H,14H2,1H3,(H,26,30). The van der Waals surface area contributed by atoms with Crippen LogP contribution in [0.25, 0.3) is 17.1 Å². The molecule has 8 heteroatoms. The van der Waals surface area contributed by atoms with Crippen LogP contribution in [0.2, 0.25) is 10.0 Å². The number of nitrogens with zero attached hydrogens (tertiary/aromatic N) is 3. The molecule has 1 aromatic heterocycles. The summed E-state index contributed by atoms with van der Waals surface area (Å²) < 4.78 is 1.93. The molecular formula is C23H18Cl2N4OS. The van der Waals surface area contributed by atoms with Gasteiger partial charge in [-0.1, -0.05) is 64.8 Å². The Bertz CT molecular complexity index is 1220. The Labute approximate surface area is 194 Å². The van der Waals surface area contributed by atoms with E-state index in [2.05, 4.69) is 21.6 Å². The average Bonchev–Trinajstić information content (AvgIpc) is 3.17. The highest BCUT2D eigenvalue weighted by molar-refractivity contribution is 7.99. The van der Waals surface area contributed by atoms with E-state index in [4.69, 9.17) is 23.2 Å². The minimum atomic E-state index is -0.157. The summed E-state index contributed by atoms with van der Waals surface area (Å²) in [6.07, 6.45) is 0. The van der Waals surface area contributed by atoms with Gasteiger partial charge in [-0.3, -0.25) is 9.36 Å². The fourth-order valence-electron chi connectivity index (χ4n) is 3.05. The Hall–Kier alpha value is -2.80. The van der Waals surface area contributed by atoms with Gasteiger partial charge in [0.15, 0.2) is 11.0 Å². The summed E-state index contributed by atoms with van der Waals surface area (Å²) in [4.78, 5) is 12.5. The van der Waals surface area contributed by atoms with Crippen molar-refractivity contribution < 1.29 is 4.79 Å². The van der Waals surface area contributed by atoms with E-state index in [-0.39, 0.29) is 11.7 Å².